The highest BCUT2D eigenvalue weighted by molar-refractivity contribution is 5.77. The smallest absolute Gasteiger partial charge is 0.312 e. The number of carbonyl (C=O) groups is 1. The summed E-state index contributed by atoms with van der Waals surface area (Å²) in [6.45, 7) is 3.65. The summed E-state index contributed by atoms with van der Waals surface area (Å²) in [6, 6.07) is 6.50. The minimum atomic E-state index is -0.514. The summed E-state index contributed by atoms with van der Waals surface area (Å²) in [4.78, 5) is 16.8. The number of hydrogen-bond donors (Lipinski definition) is 1. The lowest BCUT2D eigenvalue weighted by molar-refractivity contribution is -0.154. The molecule has 25 heavy (non-hydrogen) atoms. The number of esters is 1. The molecule has 0 amide bonds. The Bertz CT molecular complexity index is 721. The number of methoxy groups -OCH3 is 1. The van der Waals surface area contributed by atoms with E-state index in [1.54, 1.807) is 18.5 Å². The van der Waals surface area contributed by atoms with Gasteiger partial charge in [0.1, 0.15) is 5.82 Å². The fourth-order valence-corrected chi connectivity index (χ4v) is 3.64. The lowest BCUT2D eigenvalue weighted by atomic mass is 9.75. The third kappa shape index (κ3) is 3.58. The van der Waals surface area contributed by atoms with Crippen LogP contribution in [0.3, 0.4) is 0 Å². The molecule has 1 aromatic carbocycles. The maximum absolute atomic E-state index is 13.2. The molecule has 0 radical (unpaired) electrons. The van der Waals surface area contributed by atoms with Crippen molar-refractivity contribution < 1.29 is 13.9 Å². The van der Waals surface area contributed by atoms with Crippen LogP contribution in [0.15, 0.2) is 36.8 Å². The van der Waals surface area contributed by atoms with Gasteiger partial charge < -0.3 is 14.6 Å². The Morgan fingerprint density at radius 3 is 2.68 bits per heavy atom. The number of hydrogen-bond acceptors (Lipinski definition) is 4. The molecule has 2 aromatic rings. The molecule has 0 saturated carbocycles. The maximum atomic E-state index is 13.2. The summed E-state index contributed by atoms with van der Waals surface area (Å²) in [5, 5.41) is 3.30. The van der Waals surface area contributed by atoms with Crippen LogP contribution in [0.1, 0.15) is 37.1 Å². The first-order valence-corrected chi connectivity index (χ1v) is 8.61. The highest BCUT2D eigenvalue weighted by atomic mass is 19.1. The Hall–Kier alpha value is -2.21. The first-order chi connectivity index (χ1) is 12.1. The molecule has 0 bridgehead atoms. The van der Waals surface area contributed by atoms with Crippen molar-refractivity contribution in [3.63, 3.8) is 0 Å². The predicted molar refractivity (Wildman–Crippen MR) is 92.7 cm³/mol. The lowest BCUT2D eigenvalue weighted by Gasteiger charge is -2.35. The molecule has 1 aromatic heterocycles. The van der Waals surface area contributed by atoms with Crippen LogP contribution >= 0.6 is 0 Å². The van der Waals surface area contributed by atoms with Crippen molar-refractivity contribution in [2.75, 3.05) is 20.2 Å². The van der Waals surface area contributed by atoms with Crippen molar-refractivity contribution in [3.05, 3.63) is 53.9 Å². The van der Waals surface area contributed by atoms with Gasteiger partial charge in [-0.3, -0.25) is 4.79 Å². The number of ether oxygens (including phenoxy) is 1. The van der Waals surface area contributed by atoms with Gasteiger partial charge in [0.25, 0.3) is 0 Å². The number of carbonyl (C=O) groups excluding carboxylic acids is 1. The van der Waals surface area contributed by atoms with E-state index in [2.05, 4.69) is 14.9 Å². The SMILES string of the molecule is COC(=O)C1(Cc2cncn2C(C)c2ccc(F)cc2)CCNCC1. The van der Waals surface area contributed by atoms with E-state index in [-0.39, 0.29) is 17.8 Å². The molecule has 5 nitrogen and oxygen atoms in total. The van der Waals surface area contributed by atoms with E-state index in [9.17, 15) is 9.18 Å². The third-order valence-corrected chi connectivity index (χ3v) is 5.21. The second kappa shape index (κ2) is 7.35. The van der Waals surface area contributed by atoms with Crippen LogP contribution in [0.2, 0.25) is 0 Å². The van der Waals surface area contributed by atoms with Gasteiger partial charge in [0.2, 0.25) is 0 Å². The molecule has 1 fully saturated rings. The van der Waals surface area contributed by atoms with Gasteiger partial charge in [0.05, 0.1) is 24.9 Å². The van der Waals surface area contributed by atoms with Crippen molar-refractivity contribution in [2.45, 2.75) is 32.2 Å². The van der Waals surface area contributed by atoms with Gasteiger partial charge in [-0.1, -0.05) is 12.1 Å². The van der Waals surface area contributed by atoms with E-state index in [0.29, 0.717) is 6.42 Å². The standard InChI is InChI=1S/C19H24FN3O2/c1-14(15-3-5-16(20)6-4-15)23-13-22-12-17(23)11-19(18(24)25-2)7-9-21-10-8-19/h3-6,12-14,21H,7-11H2,1-2H3. The Labute approximate surface area is 147 Å². The maximum Gasteiger partial charge on any atom is 0.312 e. The topological polar surface area (TPSA) is 56.1 Å². The molecular formula is C19H24FN3O2. The van der Waals surface area contributed by atoms with Crippen LogP contribution in [-0.4, -0.2) is 35.7 Å². The van der Waals surface area contributed by atoms with Crippen LogP contribution in [0, 0.1) is 11.2 Å². The number of nitrogens with zero attached hydrogens (tertiary/aromatic N) is 2. The van der Waals surface area contributed by atoms with Crippen molar-refractivity contribution in [1.29, 1.82) is 0 Å². The average molecular weight is 345 g/mol. The monoisotopic (exact) mass is 345 g/mol. The van der Waals surface area contributed by atoms with E-state index in [4.69, 9.17) is 4.74 Å². The Morgan fingerprint density at radius 2 is 2.04 bits per heavy atom. The molecule has 1 N–H and O–H groups in total. The molecule has 1 aliphatic rings. The largest absolute Gasteiger partial charge is 0.469 e. The van der Waals surface area contributed by atoms with Crippen LogP contribution in [0.5, 0.6) is 0 Å². The van der Waals surface area contributed by atoms with Crippen LogP contribution in [0.25, 0.3) is 0 Å². The van der Waals surface area contributed by atoms with Gasteiger partial charge in [-0.2, -0.15) is 0 Å². The molecule has 0 spiro atoms. The number of imidazole rings is 1. The lowest BCUT2D eigenvalue weighted by Crippen LogP contribution is -2.44. The van der Waals surface area contributed by atoms with Gasteiger partial charge >= 0.3 is 5.97 Å². The molecular weight excluding hydrogens is 321 g/mol. The molecule has 134 valence electrons. The first kappa shape index (κ1) is 17.6. The molecule has 1 unspecified atom stereocenters. The van der Waals surface area contributed by atoms with Gasteiger partial charge in [0, 0.05) is 18.3 Å². The number of piperidine rings is 1. The first-order valence-electron chi connectivity index (χ1n) is 8.61. The molecule has 6 heteroatoms. The molecule has 1 saturated heterocycles. The Morgan fingerprint density at radius 1 is 1.36 bits per heavy atom. The number of benzene rings is 1. The van der Waals surface area contributed by atoms with E-state index >= 15 is 0 Å². The van der Waals surface area contributed by atoms with Crippen molar-refractivity contribution in [2.24, 2.45) is 5.41 Å². The summed E-state index contributed by atoms with van der Waals surface area (Å²) in [7, 11) is 1.45. The summed E-state index contributed by atoms with van der Waals surface area (Å²) in [5.74, 6) is -0.405. The minimum absolute atomic E-state index is 0.00881. The zero-order chi connectivity index (χ0) is 17.9. The normalized spacial score (nSPS) is 17.9. The number of rotatable bonds is 5. The predicted octanol–water partition coefficient (Wildman–Crippen LogP) is 2.72. The number of nitrogens with one attached hydrogen (secondary N) is 1. The van der Waals surface area contributed by atoms with Crippen molar-refractivity contribution in [3.8, 4) is 0 Å². The van der Waals surface area contributed by atoms with Crippen LogP contribution in [0.4, 0.5) is 4.39 Å². The molecule has 3 rings (SSSR count). The second-order valence-corrected chi connectivity index (χ2v) is 6.72. The van der Waals surface area contributed by atoms with Gasteiger partial charge in [-0.15, -0.1) is 0 Å². The third-order valence-electron chi connectivity index (χ3n) is 5.21. The fourth-order valence-electron chi connectivity index (χ4n) is 3.64. The van der Waals surface area contributed by atoms with Crippen molar-refractivity contribution >= 4 is 5.97 Å². The number of halogens is 1. The number of aromatic nitrogens is 2. The van der Waals surface area contributed by atoms with E-state index < -0.39 is 5.41 Å². The van der Waals surface area contributed by atoms with Crippen molar-refractivity contribution in [1.82, 2.24) is 14.9 Å². The molecule has 2 heterocycles. The average Bonchev–Trinajstić information content (AvgIpc) is 3.09. The summed E-state index contributed by atoms with van der Waals surface area (Å²) < 4.78 is 20.3. The zero-order valence-electron chi connectivity index (χ0n) is 14.7. The van der Waals surface area contributed by atoms with Gasteiger partial charge in [-0.25, -0.2) is 9.37 Å². The fraction of sp³-hybridized carbons (Fsp3) is 0.474. The van der Waals surface area contributed by atoms with E-state index in [0.717, 1.165) is 37.2 Å². The zero-order valence-corrected chi connectivity index (χ0v) is 14.7. The quantitative estimate of drug-likeness (QED) is 0.847. The van der Waals surface area contributed by atoms with Gasteiger partial charge in [0.15, 0.2) is 0 Å². The highest BCUT2D eigenvalue weighted by Crippen LogP contribution is 2.35. The molecule has 1 atom stereocenters. The minimum Gasteiger partial charge on any atom is -0.469 e. The van der Waals surface area contributed by atoms with E-state index in [1.165, 1.54) is 19.2 Å². The summed E-state index contributed by atoms with van der Waals surface area (Å²) in [5.41, 5.74) is 1.47. The summed E-state index contributed by atoms with van der Waals surface area (Å²) in [6.07, 6.45) is 5.67. The molecule has 1 aliphatic heterocycles. The molecule has 0 aliphatic carbocycles. The second-order valence-electron chi connectivity index (χ2n) is 6.72. The van der Waals surface area contributed by atoms with Crippen LogP contribution in [-0.2, 0) is 16.0 Å². The van der Waals surface area contributed by atoms with E-state index in [1.807, 2.05) is 13.1 Å². The Balaban J connectivity index is 1.87. The van der Waals surface area contributed by atoms with Crippen LogP contribution < -0.4 is 5.32 Å². The highest BCUT2D eigenvalue weighted by Gasteiger charge is 2.41. The Kier molecular flexibility index (Phi) is 5.18. The summed E-state index contributed by atoms with van der Waals surface area (Å²) >= 11 is 0. The van der Waals surface area contributed by atoms with Gasteiger partial charge in [-0.05, 0) is 50.6 Å².